The van der Waals surface area contributed by atoms with Crippen LogP contribution in [0.1, 0.15) is 17.5 Å². The second-order valence-electron chi connectivity index (χ2n) is 7.03. The first-order valence-electron chi connectivity index (χ1n) is 9.43. The van der Waals surface area contributed by atoms with Crippen molar-refractivity contribution in [2.24, 2.45) is 0 Å². The predicted octanol–water partition coefficient (Wildman–Crippen LogP) is 3.29. The van der Waals surface area contributed by atoms with E-state index in [1.54, 1.807) is 6.07 Å². The van der Waals surface area contributed by atoms with Crippen molar-refractivity contribution in [3.05, 3.63) is 65.5 Å². The predicted molar refractivity (Wildman–Crippen MR) is 107 cm³/mol. The Balaban J connectivity index is 1.49. The van der Waals surface area contributed by atoms with Crippen LogP contribution in [-0.2, 0) is 21.2 Å². The van der Waals surface area contributed by atoms with E-state index in [-0.39, 0.29) is 4.90 Å². The first kappa shape index (κ1) is 19.1. The molecule has 1 saturated heterocycles. The van der Waals surface area contributed by atoms with Gasteiger partial charge in [0.15, 0.2) is 0 Å². The standard InChI is InChI=1S/C21H23FN2O3S/c22-17-5-7-18(8-6-17)28(25,26)23-21-3-1-2-19-16(4-9-20(19)21)10-11-24-12-14-27-15-13-24/h1-8,23H,9-15H2. The highest BCUT2D eigenvalue weighted by Gasteiger charge is 2.22. The van der Waals surface area contributed by atoms with Crippen molar-refractivity contribution in [1.29, 1.82) is 0 Å². The Kier molecular flexibility index (Phi) is 5.48. The van der Waals surface area contributed by atoms with E-state index in [1.807, 2.05) is 12.1 Å². The molecule has 1 aliphatic heterocycles. The number of sulfonamides is 1. The minimum Gasteiger partial charge on any atom is -0.379 e. The van der Waals surface area contributed by atoms with E-state index in [1.165, 1.54) is 17.7 Å². The van der Waals surface area contributed by atoms with Gasteiger partial charge in [0.2, 0.25) is 0 Å². The summed E-state index contributed by atoms with van der Waals surface area (Å²) in [7, 11) is -3.76. The molecule has 0 radical (unpaired) electrons. The number of benzene rings is 2. The Bertz CT molecular complexity index is 981. The Morgan fingerprint density at radius 3 is 2.57 bits per heavy atom. The number of nitrogens with zero attached hydrogens (tertiary/aromatic N) is 1. The van der Waals surface area contributed by atoms with E-state index < -0.39 is 15.8 Å². The number of halogens is 1. The minimum absolute atomic E-state index is 0.0463. The zero-order valence-electron chi connectivity index (χ0n) is 15.5. The van der Waals surface area contributed by atoms with Crippen LogP contribution < -0.4 is 4.72 Å². The molecule has 1 heterocycles. The van der Waals surface area contributed by atoms with Gasteiger partial charge >= 0.3 is 0 Å². The van der Waals surface area contributed by atoms with Gasteiger partial charge in [0.1, 0.15) is 5.82 Å². The van der Waals surface area contributed by atoms with Crippen molar-refractivity contribution in [1.82, 2.24) is 4.90 Å². The van der Waals surface area contributed by atoms with E-state index in [0.29, 0.717) is 12.1 Å². The molecule has 1 aliphatic carbocycles. The summed E-state index contributed by atoms with van der Waals surface area (Å²) in [5, 5.41) is 0. The van der Waals surface area contributed by atoms with Crippen molar-refractivity contribution in [2.75, 3.05) is 37.6 Å². The van der Waals surface area contributed by atoms with E-state index >= 15 is 0 Å². The summed E-state index contributed by atoms with van der Waals surface area (Å²) in [6, 6.07) is 10.5. The lowest BCUT2D eigenvalue weighted by atomic mass is 10.0. The molecule has 2 aliphatic rings. The van der Waals surface area contributed by atoms with Crippen LogP contribution in [0.3, 0.4) is 0 Å². The third-order valence-electron chi connectivity index (χ3n) is 5.24. The summed E-state index contributed by atoms with van der Waals surface area (Å²) in [5.41, 5.74) is 3.93. The Morgan fingerprint density at radius 1 is 1.07 bits per heavy atom. The molecule has 0 bridgehead atoms. The largest absolute Gasteiger partial charge is 0.379 e. The van der Waals surface area contributed by atoms with Gasteiger partial charge in [-0.25, -0.2) is 12.8 Å². The third-order valence-corrected chi connectivity index (χ3v) is 6.63. The zero-order valence-corrected chi connectivity index (χ0v) is 16.3. The van der Waals surface area contributed by atoms with Gasteiger partial charge in [0.05, 0.1) is 23.8 Å². The van der Waals surface area contributed by atoms with Gasteiger partial charge < -0.3 is 4.74 Å². The molecule has 0 unspecified atom stereocenters. The molecule has 0 spiro atoms. The number of fused-ring (bicyclic) bond motifs is 1. The molecule has 28 heavy (non-hydrogen) atoms. The summed E-state index contributed by atoms with van der Waals surface area (Å²) < 4.78 is 46.5. The van der Waals surface area contributed by atoms with E-state index in [0.717, 1.165) is 62.5 Å². The van der Waals surface area contributed by atoms with Crippen molar-refractivity contribution in [2.45, 2.75) is 17.7 Å². The molecule has 1 N–H and O–H groups in total. The molecule has 5 nitrogen and oxygen atoms in total. The molecule has 1 fully saturated rings. The number of nitrogens with one attached hydrogen (secondary N) is 1. The van der Waals surface area contributed by atoms with Crippen LogP contribution in [0.15, 0.2) is 53.4 Å². The number of hydrogen-bond acceptors (Lipinski definition) is 4. The lowest BCUT2D eigenvalue weighted by Crippen LogP contribution is -2.36. The fourth-order valence-electron chi connectivity index (χ4n) is 3.70. The molecule has 7 heteroatoms. The van der Waals surface area contributed by atoms with Gasteiger partial charge in [-0.3, -0.25) is 9.62 Å². The SMILES string of the molecule is O=S(=O)(Nc1cccc2c1CC=C2CCN1CCOCC1)c1ccc(F)cc1. The maximum absolute atomic E-state index is 13.1. The maximum Gasteiger partial charge on any atom is 0.261 e. The summed E-state index contributed by atoms with van der Waals surface area (Å²) >= 11 is 0. The monoisotopic (exact) mass is 402 g/mol. The zero-order chi connectivity index (χ0) is 19.6. The van der Waals surface area contributed by atoms with Crippen LogP contribution in [0.5, 0.6) is 0 Å². The van der Waals surface area contributed by atoms with E-state index in [9.17, 15) is 12.8 Å². The molecule has 0 saturated carbocycles. The molecule has 0 amide bonds. The maximum atomic E-state index is 13.1. The molecule has 2 aromatic carbocycles. The first-order valence-corrected chi connectivity index (χ1v) is 10.9. The second kappa shape index (κ2) is 8.03. The van der Waals surface area contributed by atoms with Crippen LogP contribution in [0.4, 0.5) is 10.1 Å². The molecular weight excluding hydrogens is 379 g/mol. The summed E-state index contributed by atoms with van der Waals surface area (Å²) in [6.07, 6.45) is 3.82. The van der Waals surface area contributed by atoms with E-state index in [2.05, 4.69) is 15.7 Å². The Labute approximate surface area is 164 Å². The topological polar surface area (TPSA) is 58.6 Å². The highest BCUT2D eigenvalue weighted by Crippen LogP contribution is 2.35. The number of hydrogen-bond donors (Lipinski definition) is 1. The van der Waals surface area contributed by atoms with Crippen LogP contribution >= 0.6 is 0 Å². The van der Waals surface area contributed by atoms with Crippen LogP contribution in [0.2, 0.25) is 0 Å². The average Bonchev–Trinajstić information content (AvgIpc) is 3.11. The van der Waals surface area contributed by atoms with Crippen LogP contribution in [0, 0.1) is 5.82 Å². The quantitative estimate of drug-likeness (QED) is 0.806. The second-order valence-corrected chi connectivity index (χ2v) is 8.71. The van der Waals surface area contributed by atoms with Gasteiger partial charge in [-0.1, -0.05) is 18.2 Å². The van der Waals surface area contributed by atoms with Gasteiger partial charge in [-0.05, 0) is 59.9 Å². The number of rotatable bonds is 6. The normalized spacial score (nSPS) is 17.2. The smallest absolute Gasteiger partial charge is 0.261 e. The lowest BCUT2D eigenvalue weighted by Gasteiger charge is -2.26. The number of morpholine rings is 1. The summed E-state index contributed by atoms with van der Waals surface area (Å²) in [6.45, 7) is 4.45. The number of ether oxygens (including phenoxy) is 1. The molecular formula is C21H23FN2O3S. The lowest BCUT2D eigenvalue weighted by molar-refractivity contribution is 0.0390. The summed E-state index contributed by atoms with van der Waals surface area (Å²) in [4.78, 5) is 2.44. The molecule has 2 aromatic rings. The van der Waals surface area contributed by atoms with E-state index in [4.69, 9.17) is 4.74 Å². The number of anilines is 1. The minimum atomic E-state index is -3.76. The van der Waals surface area contributed by atoms with Crippen LogP contribution in [-0.4, -0.2) is 46.2 Å². The Morgan fingerprint density at radius 2 is 1.82 bits per heavy atom. The first-order chi connectivity index (χ1) is 13.5. The van der Waals surface area contributed by atoms with Gasteiger partial charge in [-0.15, -0.1) is 0 Å². The van der Waals surface area contributed by atoms with Gasteiger partial charge in [0, 0.05) is 19.6 Å². The van der Waals surface area contributed by atoms with Crippen molar-refractivity contribution >= 4 is 21.3 Å². The number of allylic oxidation sites excluding steroid dienone is 1. The van der Waals surface area contributed by atoms with Crippen LogP contribution in [0.25, 0.3) is 5.57 Å². The van der Waals surface area contributed by atoms with Crippen molar-refractivity contribution in [3.63, 3.8) is 0 Å². The molecule has 0 aromatic heterocycles. The van der Waals surface area contributed by atoms with Gasteiger partial charge in [0.25, 0.3) is 10.0 Å². The summed E-state index contributed by atoms with van der Waals surface area (Å²) in [5.74, 6) is -0.464. The molecule has 0 atom stereocenters. The van der Waals surface area contributed by atoms with Crippen molar-refractivity contribution in [3.8, 4) is 0 Å². The van der Waals surface area contributed by atoms with Crippen molar-refractivity contribution < 1.29 is 17.5 Å². The fraction of sp³-hybridized carbons (Fsp3) is 0.333. The molecule has 4 rings (SSSR count). The molecule has 148 valence electrons. The highest BCUT2D eigenvalue weighted by atomic mass is 32.2. The van der Waals surface area contributed by atoms with Gasteiger partial charge in [-0.2, -0.15) is 0 Å². The Hall–Kier alpha value is -2.22. The third kappa shape index (κ3) is 4.11. The fourth-order valence-corrected chi connectivity index (χ4v) is 4.79. The average molecular weight is 402 g/mol. The highest BCUT2D eigenvalue weighted by molar-refractivity contribution is 7.92.